The van der Waals surface area contributed by atoms with Crippen LogP contribution >= 0.6 is 23.2 Å². The number of fused-ring (bicyclic) bond motifs is 3. The van der Waals surface area contributed by atoms with Crippen LogP contribution in [0.2, 0.25) is 10.2 Å². The fraction of sp³-hybridized carbons (Fsp3) is 0.350. The number of halogens is 3. The van der Waals surface area contributed by atoms with E-state index in [1.165, 1.54) is 6.07 Å². The number of carbonyl (C=O) groups excluding carboxylic acids is 2. The van der Waals surface area contributed by atoms with Crippen LogP contribution in [-0.4, -0.2) is 22.7 Å². The van der Waals surface area contributed by atoms with Gasteiger partial charge in [0.05, 0.1) is 5.02 Å². The Labute approximate surface area is 170 Å². The van der Waals surface area contributed by atoms with Gasteiger partial charge in [-0.15, -0.1) is 0 Å². The van der Waals surface area contributed by atoms with Crippen LogP contribution in [0.3, 0.4) is 0 Å². The fourth-order valence-corrected chi connectivity index (χ4v) is 5.44. The summed E-state index contributed by atoms with van der Waals surface area (Å²) in [5.41, 5.74) is -0.456. The lowest BCUT2D eigenvalue weighted by atomic mass is 9.68. The van der Waals surface area contributed by atoms with Crippen LogP contribution in [0, 0.1) is 11.7 Å². The third-order valence-corrected chi connectivity index (χ3v) is 6.68. The van der Waals surface area contributed by atoms with Crippen molar-refractivity contribution in [2.24, 2.45) is 5.92 Å². The number of benzene rings is 1. The second kappa shape index (κ2) is 6.24. The molecular formula is C20H16Cl2FN3O2. The highest BCUT2D eigenvalue weighted by Crippen LogP contribution is 2.56. The lowest BCUT2D eigenvalue weighted by molar-refractivity contribution is -0.125. The molecule has 5 nitrogen and oxygen atoms in total. The predicted octanol–water partition coefficient (Wildman–Crippen LogP) is 3.80. The number of pyridine rings is 1. The Morgan fingerprint density at radius 2 is 2.00 bits per heavy atom. The number of Topliss-reactive ketones (excluding diaryl/α,β-unsaturated/α-hetero) is 1. The predicted molar refractivity (Wildman–Crippen MR) is 103 cm³/mol. The minimum atomic E-state index is -1.30. The molecule has 1 saturated carbocycles. The van der Waals surface area contributed by atoms with Crippen LogP contribution in [0.1, 0.15) is 36.3 Å². The summed E-state index contributed by atoms with van der Waals surface area (Å²) in [6, 6.07) is 7.79. The Balaban J connectivity index is 1.78. The first-order valence-corrected chi connectivity index (χ1v) is 9.92. The van der Waals surface area contributed by atoms with Crippen molar-refractivity contribution >= 4 is 40.7 Å². The molecule has 1 aliphatic carbocycles. The largest absolute Gasteiger partial charge is 0.308 e. The van der Waals surface area contributed by atoms with Crippen molar-refractivity contribution in [3.63, 3.8) is 0 Å². The highest BCUT2D eigenvalue weighted by molar-refractivity contribution is 6.31. The molecule has 1 aromatic carbocycles. The molecule has 5 rings (SSSR count). The van der Waals surface area contributed by atoms with Gasteiger partial charge in [0, 0.05) is 29.9 Å². The van der Waals surface area contributed by atoms with Gasteiger partial charge < -0.3 is 5.32 Å². The number of nitrogens with zero attached hydrogens (tertiary/aromatic N) is 1. The van der Waals surface area contributed by atoms with Gasteiger partial charge >= 0.3 is 0 Å². The van der Waals surface area contributed by atoms with E-state index in [1.54, 1.807) is 24.3 Å². The molecule has 2 aliphatic heterocycles. The van der Waals surface area contributed by atoms with Crippen LogP contribution in [0.15, 0.2) is 30.3 Å². The van der Waals surface area contributed by atoms with Gasteiger partial charge in [-0.3, -0.25) is 14.9 Å². The molecule has 2 N–H and O–H groups in total. The maximum atomic E-state index is 15.1. The van der Waals surface area contributed by atoms with Crippen LogP contribution in [-0.2, 0) is 15.1 Å². The molecule has 0 radical (unpaired) electrons. The molecule has 1 aromatic heterocycles. The zero-order valence-corrected chi connectivity index (χ0v) is 16.1. The summed E-state index contributed by atoms with van der Waals surface area (Å²) in [6.45, 7) is 0. The second-order valence-corrected chi connectivity index (χ2v) is 8.34. The van der Waals surface area contributed by atoms with Gasteiger partial charge in [-0.05, 0) is 36.6 Å². The van der Waals surface area contributed by atoms with Gasteiger partial charge in [0.25, 0.3) is 5.91 Å². The standard InChI is InChI=1S/C20H16Cl2FN3O2/c21-11-4-1-3-9(17(11)23)16-15-12(5-2-6-13(15)27)26-20(16)10-7-8-14(22)24-18(10)25-19(20)28/h1,3-4,7-8,12,15-16,26H,2,5-6H2,(H,24,25,28)/t12-,15-,16-,20-/m0/s1. The number of hydrogen-bond acceptors (Lipinski definition) is 4. The van der Waals surface area contributed by atoms with Crippen molar-refractivity contribution in [3.05, 3.63) is 57.5 Å². The number of rotatable bonds is 1. The Morgan fingerprint density at radius 3 is 2.82 bits per heavy atom. The van der Waals surface area contributed by atoms with Gasteiger partial charge in [-0.2, -0.15) is 0 Å². The Hall–Kier alpha value is -2.02. The Bertz CT molecular complexity index is 1030. The maximum absolute atomic E-state index is 15.1. The highest BCUT2D eigenvalue weighted by atomic mass is 35.5. The third kappa shape index (κ3) is 2.31. The van der Waals surface area contributed by atoms with Gasteiger partial charge in [-0.25, -0.2) is 9.37 Å². The summed E-state index contributed by atoms with van der Waals surface area (Å²) in [4.78, 5) is 30.4. The quantitative estimate of drug-likeness (QED) is 0.689. The molecule has 8 heteroatoms. The average Bonchev–Trinajstić information content (AvgIpc) is 3.14. The molecule has 4 atom stereocenters. The molecular weight excluding hydrogens is 404 g/mol. The van der Waals surface area contributed by atoms with Crippen LogP contribution in [0.25, 0.3) is 0 Å². The molecule has 1 spiro atoms. The zero-order chi connectivity index (χ0) is 19.6. The lowest BCUT2D eigenvalue weighted by Crippen LogP contribution is -2.49. The van der Waals surface area contributed by atoms with Crippen molar-refractivity contribution in [3.8, 4) is 0 Å². The van der Waals surface area contributed by atoms with E-state index in [4.69, 9.17) is 23.2 Å². The summed E-state index contributed by atoms with van der Waals surface area (Å²) in [7, 11) is 0. The molecule has 144 valence electrons. The van der Waals surface area contributed by atoms with Gasteiger partial charge in [0.2, 0.25) is 0 Å². The van der Waals surface area contributed by atoms with E-state index < -0.39 is 23.2 Å². The summed E-state index contributed by atoms with van der Waals surface area (Å²) >= 11 is 12.0. The first-order chi connectivity index (χ1) is 13.4. The molecule has 2 aromatic rings. The van der Waals surface area contributed by atoms with Gasteiger partial charge in [0.15, 0.2) is 0 Å². The topological polar surface area (TPSA) is 71.1 Å². The van der Waals surface area contributed by atoms with Gasteiger partial charge in [-0.1, -0.05) is 35.3 Å². The van der Waals surface area contributed by atoms with E-state index in [0.29, 0.717) is 17.8 Å². The lowest BCUT2D eigenvalue weighted by Gasteiger charge is -2.32. The minimum Gasteiger partial charge on any atom is -0.308 e. The zero-order valence-electron chi connectivity index (χ0n) is 14.6. The van der Waals surface area contributed by atoms with Crippen molar-refractivity contribution < 1.29 is 14.0 Å². The van der Waals surface area contributed by atoms with Gasteiger partial charge in [0.1, 0.15) is 28.1 Å². The first kappa shape index (κ1) is 18.0. The fourth-order valence-electron chi connectivity index (χ4n) is 5.12. The number of ketones is 1. The highest BCUT2D eigenvalue weighted by Gasteiger charge is 2.64. The van der Waals surface area contributed by atoms with Crippen molar-refractivity contribution in [2.45, 2.75) is 36.8 Å². The van der Waals surface area contributed by atoms with Crippen LogP contribution in [0.4, 0.5) is 10.2 Å². The van der Waals surface area contributed by atoms with E-state index in [-0.39, 0.29) is 33.5 Å². The monoisotopic (exact) mass is 419 g/mol. The number of carbonyl (C=O) groups is 2. The Kier molecular flexibility index (Phi) is 4.02. The summed E-state index contributed by atoms with van der Waals surface area (Å²) in [6.07, 6.45) is 1.90. The molecule has 0 unspecified atom stereocenters. The van der Waals surface area contributed by atoms with Crippen molar-refractivity contribution in [1.82, 2.24) is 10.3 Å². The third-order valence-electron chi connectivity index (χ3n) is 6.17. The molecule has 0 bridgehead atoms. The number of anilines is 1. The van der Waals surface area contributed by atoms with Crippen LogP contribution in [0.5, 0.6) is 0 Å². The Morgan fingerprint density at radius 1 is 1.18 bits per heavy atom. The number of hydrogen-bond donors (Lipinski definition) is 2. The molecule has 28 heavy (non-hydrogen) atoms. The summed E-state index contributed by atoms with van der Waals surface area (Å²) < 4.78 is 15.1. The number of amides is 1. The second-order valence-electron chi connectivity index (χ2n) is 7.55. The molecule has 1 saturated heterocycles. The van der Waals surface area contributed by atoms with E-state index in [2.05, 4.69) is 15.6 Å². The average molecular weight is 420 g/mol. The van der Waals surface area contributed by atoms with Crippen molar-refractivity contribution in [2.75, 3.05) is 5.32 Å². The summed E-state index contributed by atoms with van der Waals surface area (Å²) in [5, 5.41) is 6.37. The molecule has 2 fully saturated rings. The van der Waals surface area contributed by atoms with Crippen molar-refractivity contribution in [1.29, 1.82) is 0 Å². The molecule has 3 heterocycles. The van der Waals surface area contributed by atoms with E-state index in [1.807, 2.05) is 0 Å². The SMILES string of the molecule is O=C1CCC[C@@H]2N[C@]3(C(=O)Nc4nc(Cl)ccc43)[C@@H](c3cccc(Cl)c3F)[C@H]12. The summed E-state index contributed by atoms with van der Waals surface area (Å²) in [5.74, 6) is -1.83. The number of nitrogens with one attached hydrogen (secondary N) is 2. The smallest absolute Gasteiger partial charge is 0.251 e. The molecule has 1 amide bonds. The van der Waals surface area contributed by atoms with E-state index >= 15 is 4.39 Å². The van der Waals surface area contributed by atoms with Crippen LogP contribution < -0.4 is 10.6 Å². The number of aromatic nitrogens is 1. The molecule has 3 aliphatic rings. The van der Waals surface area contributed by atoms with E-state index in [0.717, 1.165) is 12.8 Å². The minimum absolute atomic E-state index is 0.0350. The normalized spacial score (nSPS) is 31.0. The first-order valence-electron chi connectivity index (χ1n) is 9.16. The van der Waals surface area contributed by atoms with E-state index in [9.17, 15) is 9.59 Å². The maximum Gasteiger partial charge on any atom is 0.251 e.